The SMILES string of the molecule is CCCCCc1ccnc2[nH]c3ccc(-c4ccc(-c5ccccc5)cc4)cc3c12. The second kappa shape index (κ2) is 8.16. The molecule has 0 bridgehead atoms. The third-order valence-corrected chi connectivity index (χ3v) is 5.95. The van der Waals surface area contributed by atoms with E-state index in [9.17, 15) is 0 Å². The zero-order valence-corrected chi connectivity index (χ0v) is 17.4. The maximum absolute atomic E-state index is 4.60. The van der Waals surface area contributed by atoms with E-state index < -0.39 is 0 Å². The Bertz CT molecular complexity index is 1280. The minimum absolute atomic E-state index is 0.996. The molecule has 0 spiro atoms. The molecule has 2 aromatic heterocycles. The van der Waals surface area contributed by atoms with Crippen LogP contribution in [0, 0.1) is 0 Å². The lowest BCUT2D eigenvalue weighted by Gasteiger charge is -2.06. The number of nitrogens with zero attached hydrogens (tertiary/aromatic N) is 1. The van der Waals surface area contributed by atoms with E-state index >= 15 is 0 Å². The number of benzene rings is 3. The highest BCUT2D eigenvalue weighted by Gasteiger charge is 2.11. The maximum atomic E-state index is 4.60. The van der Waals surface area contributed by atoms with Crippen molar-refractivity contribution in [2.24, 2.45) is 0 Å². The standard InChI is InChI=1S/C28H26N2/c1-2-3-5-10-23-17-18-29-28-27(23)25-19-24(15-16-26(25)30-28)22-13-11-21(12-14-22)20-8-6-4-7-9-20/h4,6-9,11-19H,2-3,5,10H2,1H3,(H,29,30). The van der Waals surface area contributed by atoms with Crippen molar-refractivity contribution in [3.8, 4) is 22.3 Å². The first-order valence-electron chi connectivity index (χ1n) is 10.9. The van der Waals surface area contributed by atoms with Crippen molar-refractivity contribution in [2.75, 3.05) is 0 Å². The van der Waals surface area contributed by atoms with Crippen molar-refractivity contribution >= 4 is 21.9 Å². The summed E-state index contributed by atoms with van der Waals surface area (Å²) in [6.45, 7) is 2.25. The van der Waals surface area contributed by atoms with Crippen LogP contribution in [0.2, 0.25) is 0 Å². The van der Waals surface area contributed by atoms with Gasteiger partial charge < -0.3 is 4.98 Å². The van der Waals surface area contributed by atoms with Gasteiger partial charge in [-0.3, -0.25) is 0 Å². The van der Waals surface area contributed by atoms with Gasteiger partial charge in [-0.2, -0.15) is 0 Å². The molecule has 0 aliphatic carbocycles. The first-order chi connectivity index (χ1) is 14.8. The fourth-order valence-corrected chi connectivity index (χ4v) is 4.32. The van der Waals surface area contributed by atoms with E-state index in [-0.39, 0.29) is 0 Å². The Balaban J connectivity index is 1.55. The molecule has 0 saturated heterocycles. The van der Waals surface area contributed by atoms with Gasteiger partial charge in [-0.25, -0.2) is 4.98 Å². The predicted molar refractivity (Wildman–Crippen MR) is 128 cm³/mol. The van der Waals surface area contributed by atoms with Gasteiger partial charge in [0.25, 0.3) is 0 Å². The fraction of sp³-hybridized carbons (Fsp3) is 0.179. The first-order valence-corrected chi connectivity index (χ1v) is 10.9. The van der Waals surface area contributed by atoms with Gasteiger partial charge in [-0.05, 0) is 58.9 Å². The molecule has 2 nitrogen and oxygen atoms in total. The molecule has 0 unspecified atom stereocenters. The van der Waals surface area contributed by atoms with Crippen LogP contribution < -0.4 is 0 Å². The first kappa shape index (κ1) is 18.6. The Labute approximate surface area is 177 Å². The summed E-state index contributed by atoms with van der Waals surface area (Å²) in [5.41, 5.74) is 8.53. The van der Waals surface area contributed by atoms with E-state index in [0.717, 1.165) is 17.6 Å². The number of H-pyrrole nitrogens is 1. The zero-order chi connectivity index (χ0) is 20.3. The summed E-state index contributed by atoms with van der Waals surface area (Å²) >= 11 is 0. The Kier molecular flexibility index (Phi) is 5.06. The van der Waals surface area contributed by atoms with Gasteiger partial charge in [0, 0.05) is 22.5 Å². The molecule has 5 aromatic rings. The van der Waals surface area contributed by atoms with Crippen molar-refractivity contribution < 1.29 is 0 Å². The summed E-state index contributed by atoms with van der Waals surface area (Å²) < 4.78 is 0. The molecule has 5 rings (SSSR count). The van der Waals surface area contributed by atoms with Gasteiger partial charge >= 0.3 is 0 Å². The Morgan fingerprint density at radius 1 is 0.733 bits per heavy atom. The quantitative estimate of drug-likeness (QED) is 0.295. The largest absolute Gasteiger partial charge is 0.339 e. The summed E-state index contributed by atoms with van der Waals surface area (Å²) in [7, 11) is 0. The Morgan fingerprint density at radius 3 is 2.20 bits per heavy atom. The number of hydrogen-bond acceptors (Lipinski definition) is 1. The molecule has 0 aliphatic heterocycles. The number of pyridine rings is 1. The van der Waals surface area contributed by atoms with E-state index in [1.165, 1.54) is 57.9 Å². The number of nitrogens with one attached hydrogen (secondary N) is 1. The van der Waals surface area contributed by atoms with E-state index in [1.54, 1.807) is 0 Å². The minimum Gasteiger partial charge on any atom is -0.339 e. The summed E-state index contributed by atoms with van der Waals surface area (Å²) in [6, 6.07) is 28.3. The molecule has 0 aliphatic rings. The monoisotopic (exact) mass is 390 g/mol. The van der Waals surface area contributed by atoms with Crippen LogP contribution in [0.4, 0.5) is 0 Å². The van der Waals surface area contributed by atoms with Gasteiger partial charge in [0.1, 0.15) is 5.65 Å². The van der Waals surface area contributed by atoms with Gasteiger partial charge in [0.05, 0.1) is 0 Å². The molecule has 0 radical (unpaired) electrons. The van der Waals surface area contributed by atoms with Crippen LogP contribution in [-0.2, 0) is 6.42 Å². The smallest absolute Gasteiger partial charge is 0.138 e. The molecule has 148 valence electrons. The highest BCUT2D eigenvalue weighted by molar-refractivity contribution is 6.08. The van der Waals surface area contributed by atoms with Crippen LogP contribution in [0.25, 0.3) is 44.2 Å². The van der Waals surface area contributed by atoms with Crippen LogP contribution in [0.5, 0.6) is 0 Å². The molecule has 0 fully saturated rings. The Morgan fingerprint density at radius 2 is 1.43 bits per heavy atom. The zero-order valence-electron chi connectivity index (χ0n) is 17.4. The van der Waals surface area contributed by atoms with E-state index in [0.29, 0.717) is 0 Å². The lowest BCUT2D eigenvalue weighted by molar-refractivity contribution is 0.719. The third-order valence-electron chi connectivity index (χ3n) is 5.95. The number of aromatic amines is 1. The van der Waals surface area contributed by atoms with Gasteiger partial charge in [-0.15, -0.1) is 0 Å². The minimum atomic E-state index is 0.996. The van der Waals surface area contributed by atoms with Crippen LogP contribution >= 0.6 is 0 Å². The molecule has 2 heterocycles. The van der Waals surface area contributed by atoms with Gasteiger partial charge in [0.2, 0.25) is 0 Å². The molecule has 0 atom stereocenters. The summed E-state index contributed by atoms with van der Waals surface area (Å²) in [6.07, 6.45) is 6.78. The summed E-state index contributed by atoms with van der Waals surface area (Å²) in [5, 5.41) is 2.56. The number of fused-ring (bicyclic) bond motifs is 3. The fourth-order valence-electron chi connectivity index (χ4n) is 4.32. The molecule has 0 amide bonds. The van der Waals surface area contributed by atoms with Gasteiger partial charge in [0.15, 0.2) is 0 Å². The number of rotatable bonds is 6. The highest BCUT2D eigenvalue weighted by Crippen LogP contribution is 2.32. The second-order valence-electron chi connectivity index (χ2n) is 7.98. The van der Waals surface area contributed by atoms with Crippen molar-refractivity contribution in [3.63, 3.8) is 0 Å². The van der Waals surface area contributed by atoms with Crippen LogP contribution in [0.15, 0.2) is 85.1 Å². The van der Waals surface area contributed by atoms with Crippen LogP contribution in [0.1, 0.15) is 31.7 Å². The molecule has 30 heavy (non-hydrogen) atoms. The topological polar surface area (TPSA) is 28.7 Å². The second-order valence-corrected chi connectivity index (χ2v) is 7.98. The highest BCUT2D eigenvalue weighted by atomic mass is 14.8. The molecular formula is C28H26N2. The average molecular weight is 391 g/mol. The van der Waals surface area contributed by atoms with Gasteiger partial charge in [-0.1, -0.05) is 80.4 Å². The third kappa shape index (κ3) is 3.50. The van der Waals surface area contributed by atoms with E-state index in [4.69, 9.17) is 0 Å². The maximum Gasteiger partial charge on any atom is 0.138 e. The number of aromatic nitrogens is 2. The summed E-state index contributed by atoms with van der Waals surface area (Å²) in [5.74, 6) is 0. The molecule has 0 saturated carbocycles. The molecule has 3 aromatic carbocycles. The summed E-state index contributed by atoms with van der Waals surface area (Å²) in [4.78, 5) is 8.11. The number of hydrogen-bond donors (Lipinski definition) is 1. The number of aryl methyl sites for hydroxylation is 1. The van der Waals surface area contributed by atoms with Crippen molar-refractivity contribution in [2.45, 2.75) is 32.6 Å². The lowest BCUT2D eigenvalue weighted by atomic mass is 9.98. The predicted octanol–water partition coefficient (Wildman–Crippen LogP) is 7.78. The van der Waals surface area contributed by atoms with Crippen LogP contribution in [-0.4, -0.2) is 9.97 Å². The van der Waals surface area contributed by atoms with Crippen molar-refractivity contribution in [3.05, 3.63) is 90.6 Å². The van der Waals surface area contributed by atoms with E-state index in [1.807, 2.05) is 6.20 Å². The van der Waals surface area contributed by atoms with Crippen LogP contribution in [0.3, 0.4) is 0 Å². The van der Waals surface area contributed by atoms with E-state index in [2.05, 4.69) is 95.8 Å². The molecule has 1 N–H and O–H groups in total. The normalized spacial score (nSPS) is 11.4. The molecular weight excluding hydrogens is 364 g/mol. The average Bonchev–Trinajstić information content (AvgIpc) is 3.19. The molecule has 2 heteroatoms. The lowest BCUT2D eigenvalue weighted by Crippen LogP contribution is -1.88. The van der Waals surface area contributed by atoms with Crippen molar-refractivity contribution in [1.29, 1.82) is 0 Å². The Hall–Kier alpha value is -3.39. The number of unbranched alkanes of at least 4 members (excludes halogenated alkanes) is 2. The van der Waals surface area contributed by atoms with Crippen molar-refractivity contribution in [1.82, 2.24) is 9.97 Å².